The molecule has 0 aliphatic heterocycles. The van der Waals surface area contributed by atoms with Crippen molar-refractivity contribution < 1.29 is 9.90 Å². The smallest absolute Gasteiger partial charge is 0.336 e. The lowest BCUT2D eigenvalue weighted by molar-refractivity contribution is -0.130. The highest BCUT2D eigenvalue weighted by molar-refractivity contribution is 6.15. The molecule has 1 fully saturated rings. The molecule has 90 valence electrons. The van der Waals surface area contributed by atoms with Gasteiger partial charge in [0.2, 0.25) is 0 Å². The maximum atomic E-state index is 11.2. The Balaban J connectivity index is 2.22. The monoisotopic (exact) mass is 232 g/mol. The van der Waals surface area contributed by atoms with E-state index in [9.17, 15) is 9.90 Å². The van der Waals surface area contributed by atoms with Gasteiger partial charge in [-0.1, -0.05) is 25.3 Å². The van der Waals surface area contributed by atoms with Crippen LogP contribution in [0.25, 0.3) is 5.57 Å². The first kappa shape index (κ1) is 11.8. The van der Waals surface area contributed by atoms with Gasteiger partial charge >= 0.3 is 5.97 Å². The van der Waals surface area contributed by atoms with Gasteiger partial charge in [0.25, 0.3) is 0 Å². The lowest BCUT2D eigenvalue weighted by Gasteiger charge is -2.18. The summed E-state index contributed by atoms with van der Waals surface area (Å²) in [5.74, 6) is -0.513. The maximum Gasteiger partial charge on any atom is 0.336 e. The van der Waals surface area contributed by atoms with Crippen LogP contribution in [0.4, 0.5) is 0 Å². The summed E-state index contributed by atoms with van der Waals surface area (Å²) in [6.07, 6.45) is 12.2. The molecule has 0 amide bonds. The van der Waals surface area contributed by atoms with Gasteiger partial charge in [-0.15, -0.1) is 0 Å². The van der Waals surface area contributed by atoms with E-state index in [0.717, 1.165) is 12.8 Å². The molecule has 1 aromatic heterocycles. The molecule has 1 aromatic rings. The average Bonchev–Trinajstić information content (AvgIpc) is 2.38. The summed E-state index contributed by atoms with van der Waals surface area (Å²) in [7, 11) is 0. The first-order valence-electron chi connectivity index (χ1n) is 5.98. The minimum Gasteiger partial charge on any atom is -0.478 e. The molecule has 1 saturated carbocycles. The van der Waals surface area contributed by atoms with Gasteiger partial charge in [-0.2, -0.15) is 0 Å². The Kier molecular flexibility index (Phi) is 3.85. The zero-order chi connectivity index (χ0) is 12.1. The van der Waals surface area contributed by atoms with E-state index in [0.29, 0.717) is 17.1 Å². The third-order valence-corrected chi connectivity index (χ3v) is 3.15. The molecule has 1 aliphatic rings. The number of allylic oxidation sites excluding steroid dienone is 1. The molecular formula is C13H16N2O2. The molecule has 4 heteroatoms. The second-order valence-electron chi connectivity index (χ2n) is 4.41. The molecule has 0 aromatic carbocycles. The van der Waals surface area contributed by atoms with Crippen molar-refractivity contribution in [3.8, 4) is 0 Å². The van der Waals surface area contributed by atoms with Crippen LogP contribution in [0.15, 0.2) is 24.8 Å². The number of rotatable bonds is 3. The molecular weight excluding hydrogens is 216 g/mol. The van der Waals surface area contributed by atoms with Gasteiger partial charge in [0.05, 0.1) is 5.57 Å². The molecule has 17 heavy (non-hydrogen) atoms. The van der Waals surface area contributed by atoms with Crippen molar-refractivity contribution in [3.05, 3.63) is 30.4 Å². The lowest BCUT2D eigenvalue weighted by atomic mass is 9.87. The van der Waals surface area contributed by atoms with Gasteiger partial charge in [-0.25, -0.2) is 14.8 Å². The normalized spacial score (nSPS) is 18.0. The Morgan fingerprint density at radius 1 is 1.24 bits per heavy atom. The fraction of sp³-hybridized carbons (Fsp3) is 0.462. The molecule has 1 aliphatic carbocycles. The number of carboxylic acids is 1. The van der Waals surface area contributed by atoms with Gasteiger partial charge in [-0.05, 0) is 18.8 Å². The topological polar surface area (TPSA) is 63.1 Å². The van der Waals surface area contributed by atoms with Crippen LogP contribution in [0.2, 0.25) is 0 Å². The molecule has 0 atom stereocenters. The molecule has 0 unspecified atom stereocenters. The van der Waals surface area contributed by atoms with E-state index in [2.05, 4.69) is 9.97 Å². The standard InChI is InChI=1S/C13H16N2O2/c16-13(17)12(11-7-14-9-15-8-11)6-10-4-2-1-3-5-10/h6-10H,1-5H2,(H,16,17)/b12-6-. The van der Waals surface area contributed by atoms with Crippen molar-refractivity contribution in [3.63, 3.8) is 0 Å². The van der Waals surface area contributed by atoms with E-state index >= 15 is 0 Å². The van der Waals surface area contributed by atoms with Gasteiger partial charge in [0, 0.05) is 18.0 Å². The van der Waals surface area contributed by atoms with E-state index in [1.165, 1.54) is 25.6 Å². The summed E-state index contributed by atoms with van der Waals surface area (Å²) in [6.45, 7) is 0. The third-order valence-electron chi connectivity index (χ3n) is 3.15. The summed E-state index contributed by atoms with van der Waals surface area (Å²) >= 11 is 0. The maximum absolute atomic E-state index is 11.2. The van der Waals surface area contributed by atoms with Crippen molar-refractivity contribution in [2.24, 2.45) is 5.92 Å². The fourth-order valence-corrected chi connectivity index (χ4v) is 2.27. The summed E-state index contributed by atoms with van der Waals surface area (Å²) in [5.41, 5.74) is 0.920. The number of hydrogen-bond donors (Lipinski definition) is 1. The van der Waals surface area contributed by atoms with Crippen LogP contribution >= 0.6 is 0 Å². The molecule has 2 rings (SSSR count). The molecule has 4 nitrogen and oxygen atoms in total. The first-order valence-corrected chi connectivity index (χ1v) is 5.98. The molecule has 0 spiro atoms. The Morgan fingerprint density at radius 2 is 1.88 bits per heavy atom. The first-order chi connectivity index (χ1) is 8.27. The number of carbonyl (C=O) groups is 1. The number of carboxylic acid groups (broad SMARTS) is 1. The van der Waals surface area contributed by atoms with Gasteiger partial charge < -0.3 is 5.11 Å². The Morgan fingerprint density at radius 3 is 2.47 bits per heavy atom. The van der Waals surface area contributed by atoms with Crippen LogP contribution in [0.1, 0.15) is 37.7 Å². The van der Waals surface area contributed by atoms with Crippen LogP contribution in [0, 0.1) is 5.92 Å². The van der Waals surface area contributed by atoms with Gasteiger partial charge in [0.1, 0.15) is 6.33 Å². The summed E-state index contributed by atoms with van der Waals surface area (Å²) in [4.78, 5) is 19.0. The highest BCUT2D eigenvalue weighted by atomic mass is 16.4. The van der Waals surface area contributed by atoms with Crippen LogP contribution in [-0.2, 0) is 4.79 Å². The van der Waals surface area contributed by atoms with E-state index in [4.69, 9.17) is 0 Å². The second-order valence-corrected chi connectivity index (χ2v) is 4.41. The van der Waals surface area contributed by atoms with Crippen molar-refractivity contribution >= 4 is 11.5 Å². The largest absolute Gasteiger partial charge is 0.478 e. The zero-order valence-corrected chi connectivity index (χ0v) is 9.67. The zero-order valence-electron chi connectivity index (χ0n) is 9.67. The Bertz CT molecular complexity index is 409. The predicted molar refractivity (Wildman–Crippen MR) is 64.2 cm³/mol. The predicted octanol–water partition coefficient (Wildman–Crippen LogP) is 2.52. The second kappa shape index (κ2) is 5.57. The summed E-state index contributed by atoms with van der Waals surface area (Å²) in [6, 6.07) is 0. The van der Waals surface area contributed by atoms with Crippen LogP contribution in [0.3, 0.4) is 0 Å². The average molecular weight is 232 g/mol. The molecule has 0 bridgehead atoms. The number of hydrogen-bond acceptors (Lipinski definition) is 3. The fourth-order valence-electron chi connectivity index (χ4n) is 2.27. The van der Waals surface area contributed by atoms with Crippen molar-refractivity contribution in [1.29, 1.82) is 0 Å². The molecule has 1 N–H and O–H groups in total. The summed E-state index contributed by atoms with van der Waals surface area (Å²) in [5, 5.41) is 9.23. The van der Waals surface area contributed by atoms with Gasteiger partial charge in [0.15, 0.2) is 0 Å². The van der Waals surface area contributed by atoms with E-state index in [-0.39, 0.29) is 0 Å². The lowest BCUT2D eigenvalue weighted by Crippen LogP contribution is -2.08. The number of aromatic nitrogens is 2. The summed E-state index contributed by atoms with van der Waals surface area (Å²) < 4.78 is 0. The minimum absolute atomic E-state index is 0.331. The number of aliphatic carboxylic acids is 1. The van der Waals surface area contributed by atoms with E-state index < -0.39 is 5.97 Å². The van der Waals surface area contributed by atoms with Crippen molar-refractivity contribution in [2.75, 3.05) is 0 Å². The van der Waals surface area contributed by atoms with Crippen molar-refractivity contribution in [2.45, 2.75) is 32.1 Å². The van der Waals surface area contributed by atoms with Crippen LogP contribution < -0.4 is 0 Å². The molecule has 0 saturated heterocycles. The number of nitrogens with zero attached hydrogens (tertiary/aromatic N) is 2. The van der Waals surface area contributed by atoms with Crippen LogP contribution in [-0.4, -0.2) is 21.0 Å². The Labute approximate surface area is 100 Å². The van der Waals surface area contributed by atoms with E-state index in [1.807, 2.05) is 6.08 Å². The minimum atomic E-state index is -0.898. The van der Waals surface area contributed by atoms with Crippen molar-refractivity contribution in [1.82, 2.24) is 9.97 Å². The van der Waals surface area contributed by atoms with Gasteiger partial charge in [-0.3, -0.25) is 0 Å². The highest BCUT2D eigenvalue weighted by Crippen LogP contribution is 2.27. The van der Waals surface area contributed by atoms with E-state index in [1.54, 1.807) is 12.4 Å². The van der Waals surface area contributed by atoms with Crippen LogP contribution in [0.5, 0.6) is 0 Å². The quantitative estimate of drug-likeness (QED) is 0.813. The molecule has 1 heterocycles. The third kappa shape index (κ3) is 3.12. The SMILES string of the molecule is O=C(O)/C(=C\C1CCCCC1)c1cncnc1. The molecule has 0 radical (unpaired) electrons. The Hall–Kier alpha value is -1.71. The highest BCUT2D eigenvalue weighted by Gasteiger charge is 2.16.